The van der Waals surface area contributed by atoms with Crippen LogP contribution in [-0.2, 0) is 6.54 Å². The maximum atomic E-state index is 4.29. The Morgan fingerprint density at radius 2 is 2.05 bits per heavy atom. The summed E-state index contributed by atoms with van der Waals surface area (Å²) in [4.78, 5) is 6.90. The fraction of sp³-hybridized carbons (Fsp3) is 0.611. The van der Waals surface area contributed by atoms with E-state index in [0.29, 0.717) is 6.04 Å². The fourth-order valence-electron chi connectivity index (χ4n) is 3.00. The number of piperidine rings is 1. The van der Waals surface area contributed by atoms with Gasteiger partial charge < -0.3 is 10.6 Å². The Morgan fingerprint density at radius 1 is 1.23 bits per heavy atom. The first-order valence-corrected chi connectivity index (χ1v) is 8.56. The highest BCUT2D eigenvalue weighted by Gasteiger charge is 2.22. The van der Waals surface area contributed by atoms with Crippen LogP contribution in [-0.4, -0.2) is 43.6 Å². The molecule has 1 aliphatic heterocycles. The van der Waals surface area contributed by atoms with Crippen molar-refractivity contribution < 1.29 is 0 Å². The van der Waals surface area contributed by atoms with Gasteiger partial charge in [0.1, 0.15) is 0 Å². The van der Waals surface area contributed by atoms with E-state index in [2.05, 4.69) is 57.8 Å². The minimum absolute atomic E-state index is 0.592. The molecule has 4 nitrogen and oxygen atoms in total. The SMILES string of the molecule is CCCNC(=NC)NCC1CCCCN1Cc1ccccc1. The standard InChI is InChI=1S/C18H30N4/c1-3-12-20-18(19-2)21-14-17-11-7-8-13-22(17)15-16-9-5-4-6-10-16/h4-6,9-10,17H,3,7-8,11-15H2,1-2H3,(H2,19,20,21). The maximum absolute atomic E-state index is 4.29. The van der Waals surface area contributed by atoms with E-state index in [-0.39, 0.29) is 0 Å². The molecule has 1 fully saturated rings. The second-order valence-electron chi connectivity index (χ2n) is 5.99. The lowest BCUT2D eigenvalue weighted by Gasteiger charge is -2.36. The minimum Gasteiger partial charge on any atom is -0.356 e. The third-order valence-corrected chi connectivity index (χ3v) is 4.25. The minimum atomic E-state index is 0.592. The highest BCUT2D eigenvalue weighted by molar-refractivity contribution is 5.79. The summed E-state index contributed by atoms with van der Waals surface area (Å²) in [6.45, 7) is 6.35. The average Bonchev–Trinajstić information content (AvgIpc) is 2.57. The molecule has 1 saturated heterocycles. The van der Waals surface area contributed by atoms with Gasteiger partial charge in [0.2, 0.25) is 0 Å². The molecule has 0 saturated carbocycles. The summed E-state index contributed by atoms with van der Waals surface area (Å²) < 4.78 is 0. The van der Waals surface area contributed by atoms with Crippen LogP contribution < -0.4 is 10.6 Å². The Balaban J connectivity index is 1.86. The molecule has 1 aromatic carbocycles. The molecule has 2 rings (SSSR count). The molecule has 0 spiro atoms. The van der Waals surface area contributed by atoms with Crippen molar-refractivity contribution in [2.24, 2.45) is 4.99 Å². The Labute approximate surface area is 135 Å². The van der Waals surface area contributed by atoms with E-state index in [1.807, 2.05) is 7.05 Å². The predicted octanol–water partition coefficient (Wildman–Crippen LogP) is 2.62. The van der Waals surface area contributed by atoms with Crippen LogP contribution >= 0.6 is 0 Å². The molecule has 1 atom stereocenters. The van der Waals surface area contributed by atoms with Gasteiger partial charge in [-0.3, -0.25) is 9.89 Å². The van der Waals surface area contributed by atoms with Crippen molar-refractivity contribution in [1.82, 2.24) is 15.5 Å². The quantitative estimate of drug-likeness (QED) is 0.627. The third kappa shape index (κ3) is 5.34. The van der Waals surface area contributed by atoms with E-state index in [1.54, 1.807) is 0 Å². The second kappa shape index (κ2) is 9.46. The second-order valence-corrected chi connectivity index (χ2v) is 5.99. The van der Waals surface area contributed by atoms with E-state index < -0.39 is 0 Å². The zero-order valence-corrected chi connectivity index (χ0v) is 14.0. The maximum Gasteiger partial charge on any atom is 0.191 e. The van der Waals surface area contributed by atoms with Crippen LogP contribution in [0.3, 0.4) is 0 Å². The molecule has 2 N–H and O–H groups in total. The van der Waals surface area contributed by atoms with Gasteiger partial charge in [-0.1, -0.05) is 43.7 Å². The van der Waals surface area contributed by atoms with Gasteiger partial charge in [-0.25, -0.2) is 0 Å². The lowest BCUT2D eigenvalue weighted by Crippen LogP contribution is -2.48. The largest absolute Gasteiger partial charge is 0.356 e. The molecule has 1 heterocycles. The zero-order chi connectivity index (χ0) is 15.6. The van der Waals surface area contributed by atoms with Gasteiger partial charge in [-0.05, 0) is 31.4 Å². The lowest BCUT2D eigenvalue weighted by atomic mass is 10.0. The van der Waals surface area contributed by atoms with Crippen molar-refractivity contribution in [3.8, 4) is 0 Å². The van der Waals surface area contributed by atoms with Gasteiger partial charge in [-0.15, -0.1) is 0 Å². The van der Waals surface area contributed by atoms with Gasteiger partial charge in [0.15, 0.2) is 5.96 Å². The molecule has 1 aliphatic rings. The number of rotatable bonds is 6. The van der Waals surface area contributed by atoms with Crippen LogP contribution in [0, 0.1) is 0 Å². The summed E-state index contributed by atoms with van der Waals surface area (Å²) in [5.41, 5.74) is 1.41. The van der Waals surface area contributed by atoms with Gasteiger partial charge in [0.05, 0.1) is 0 Å². The topological polar surface area (TPSA) is 39.7 Å². The summed E-state index contributed by atoms with van der Waals surface area (Å²) in [7, 11) is 1.84. The smallest absolute Gasteiger partial charge is 0.191 e. The van der Waals surface area contributed by atoms with E-state index in [1.165, 1.54) is 31.4 Å². The number of aliphatic imine (C=N–C) groups is 1. The average molecular weight is 302 g/mol. The third-order valence-electron chi connectivity index (χ3n) is 4.25. The van der Waals surface area contributed by atoms with Crippen molar-refractivity contribution in [3.63, 3.8) is 0 Å². The predicted molar refractivity (Wildman–Crippen MR) is 94.1 cm³/mol. The van der Waals surface area contributed by atoms with Crippen molar-refractivity contribution in [2.75, 3.05) is 26.7 Å². The number of likely N-dealkylation sites (tertiary alicyclic amines) is 1. The van der Waals surface area contributed by atoms with Crippen molar-refractivity contribution in [2.45, 2.75) is 45.2 Å². The summed E-state index contributed by atoms with van der Waals surface area (Å²) >= 11 is 0. The van der Waals surface area contributed by atoms with Crippen LogP contribution in [0.15, 0.2) is 35.3 Å². The molecular formula is C18H30N4. The number of guanidine groups is 1. The van der Waals surface area contributed by atoms with Crippen LogP contribution in [0.1, 0.15) is 38.2 Å². The lowest BCUT2D eigenvalue weighted by molar-refractivity contribution is 0.141. The van der Waals surface area contributed by atoms with E-state index in [4.69, 9.17) is 0 Å². The molecular weight excluding hydrogens is 272 g/mol. The van der Waals surface area contributed by atoms with Gasteiger partial charge in [0, 0.05) is 32.7 Å². The van der Waals surface area contributed by atoms with Gasteiger partial charge in [-0.2, -0.15) is 0 Å². The number of hydrogen-bond donors (Lipinski definition) is 2. The Hall–Kier alpha value is -1.55. The van der Waals surface area contributed by atoms with Gasteiger partial charge in [0.25, 0.3) is 0 Å². The molecule has 0 bridgehead atoms. The zero-order valence-electron chi connectivity index (χ0n) is 14.0. The first-order valence-electron chi connectivity index (χ1n) is 8.56. The highest BCUT2D eigenvalue weighted by atomic mass is 15.2. The molecule has 22 heavy (non-hydrogen) atoms. The molecule has 0 radical (unpaired) electrons. The van der Waals surface area contributed by atoms with E-state index >= 15 is 0 Å². The summed E-state index contributed by atoms with van der Waals surface area (Å²) in [6.07, 6.45) is 5.03. The summed E-state index contributed by atoms with van der Waals surface area (Å²) in [5, 5.41) is 6.83. The highest BCUT2D eigenvalue weighted by Crippen LogP contribution is 2.19. The Bertz CT molecular complexity index is 444. The monoisotopic (exact) mass is 302 g/mol. The van der Waals surface area contributed by atoms with Crippen LogP contribution in [0.5, 0.6) is 0 Å². The molecule has 122 valence electrons. The van der Waals surface area contributed by atoms with Crippen LogP contribution in [0.2, 0.25) is 0 Å². The van der Waals surface area contributed by atoms with E-state index in [9.17, 15) is 0 Å². The number of benzene rings is 1. The van der Waals surface area contributed by atoms with E-state index in [0.717, 1.165) is 32.0 Å². The molecule has 0 amide bonds. The number of nitrogens with one attached hydrogen (secondary N) is 2. The molecule has 0 aromatic heterocycles. The summed E-state index contributed by atoms with van der Waals surface area (Å²) in [5.74, 6) is 0.923. The molecule has 1 unspecified atom stereocenters. The normalized spacial score (nSPS) is 19.9. The van der Waals surface area contributed by atoms with Crippen molar-refractivity contribution >= 4 is 5.96 Å². The molecule has 0 aliphatic carbocycles. The van der Waals surface area contributed by atoms with Crippen molar-refractivity contribution in [1.29, 1.82) is 0 Å². The Morgan fingerprint density at radius 3 is 2.77 bits per heavy atom. The summed E-state index contributed by atoms with van der Waals surface area (Å²) in [6, 6.07) is 11.4. The fourth-order valence-corrected chi connectivity index (χ4v) is 3.00. The first-order chi connectivity index (χ1) is 10.8. The molecule has 1 aromatic rings. The van der Waals surface area contributed by atoms with Crippen molar-refractivity contribution in [3.05, 3.63) is 35.9 Å². The number of nitrogens with zero attached hydrogens (tertiary/aromatic N) is 2. The Kier molecular flexibility index (Phi) is 7.23. The number of hydrogen-bond acceptors (Lipinski definition) is 2. The first kappa shape index (κ1) is 16.8. The van der Waals surface area contributed by atoms with Gasteiger partial charge >= 0.3 is 0 Å². The molecule has 4 heteroatoms. The van der Waals surface area contributed by atoms with Crippen LogP contribution in [0.25, 0.3) is 0 Å². The van der Waals surface area contributed by atoms with Crippen LogP contribution in [0.4, 0.5) is 0 Å².